The summed E-state index contributed by atoms with van der Waals surface area (Å²) in [5.74, 6) is 0. The molecule has 3 heteroatoms. The Balaban J connectivity index is 2.22. The highest BCUT2D eigenvalue weighted by Gasteiger charge is 2.00. The Bertz CT molecular complexity index is 219. The van der Waals surface area contributed by atoms with Crippen molar-refractivity contribution in [1.82, 2.24) is 9.80 Å². The summed E-state index contributed by atoms with van der Waals surface area (Å²) >= 11 is 1.77. The van der Waals surface area contributed by atoms with Gasteiger partial charge in [-0.05, 0) is 43.5 Å². The molecule has 1 rings (SSSR count). The van der Waals surface area contributed by atoms with E-state index in [-0.39, 0.29) is 0 Å². The highest BCUT2D eigenvalue weighted by atomic mass is 32.1. The summed E-state index contributed by atoms with van der Waals surface area (Å²) in [6, 6.07) is 2.19. The lowest BCUT2D eigenvalue weighted by atomic mass is 10.3. The van der Waals surface area contributed by atoms with Crippen LogP contribution in [0.25, 0.3) is 0 Å². The van der Waals surface area contributed by atoms with Gasteiger partial charge in [-0.25, -0.2) is 0 Å². The van der Waals surface area contributed by atoms with Crippen LogP contribution in [0.1, 0.15) is 5.56 Å². The van der Waals surface area contributed by atoms with Gasteiger partial charge < -0.3 is 9.80 Å². The van der Waals surface area contributed by atoms with Crippen LogP contribution in [0.15, 0.2) is 16.8 Å². The largest absolute Gasteiger partial charge is 0.308 e. The number of hydrogen-bond donors (Lipinski definition) is 0. The van der Waals surface area contributed by atoms with Gasteiger partial charge in [-0.2, -0.15) is 11.3 Å². The second-order valence-electron chi connectivity index (χ2n) is 3.67. The first kappa shape index (κ1) is 10.7. The molecular formula is C10H18N2S. The molecule has 0 spiro atoms. The molecule has 0 bridgehead atoms. The minimum absolute atomic E-state index is 1.07. The quantitative estimate of drug-likeness (QED) is 0.711. The SMILES string of the molecule is CN(C)CCN(C)Cc1ccsc1. The molecule has 0 unspecified atom stereocenters. The molecule has 13 heavy (non-hydrogen) atoms. The van der Waals surface area contributed by atoms with Crippen molar-refractivity contribution < 1.29 is 0 Å². The zero-order valence-electron chi connectivity index (χ0n) is 8.66. The highest BCUT2D eigenvalue weighted by molar-refractivity contribution is 7.07. The average Bonchev–Trinajstić information content (AvgIpc) is 2.53. The van der Waals surface area contributed by atoms with Crippen LogP contribution in [-0.2, 0) is 6.54 Å². The third kappa shape index (κ3) is 4.41. The van der Waals surface area contributed by atoms with E-state index >= 15 is 0 Å². The number of hydrogen-bond acceptors (Lipinski definition) is 3. The van der Waals surface area contributed by atoms with Crippen LogP contribution in [-0.4, -0.2) is 44.0 Å². The van der Waals surface area contributed by atoms with Crippen LogP contribution >= 0.6 is 11.3 Å². The first-order chi connectivity index (χ1) is 6.18. The molecule has 0 amide bonds. The molecule has 1 aromatic heterocycles. The van der Waals surface area contributed by atoms with Crippen LogP contribution in [0.3, 0.4) is 0 Å². The highest BCUT2D eigenvalue weighted by Crippen LogP contribution is 2.07. The van der Waals surface area contributed by atoms with E-state index in [1.807, 2.05) is 0 Å². The topological polar surface area (TPSA) is 6.48 Å². The third-order valence-electron chi connectivity index (χ3n) is 1.96. The van der Waals surface area contributed by atoms with Crippen molar-refractivity contribution in [3.05, 3.63) is 22.4 Å². The summed E-state index contributed by atoms with van der Waals surface area (Å²) in [7, 11) is 6.39. The Labute approximate surface area is 84.8 Å². The minimum atomic E-state index is 1.07. The van der Waals surface area contributed by atoms with Gasteiger partial charge in [-0.15, -0.1) is 0 Å². The number of nitrogens with zero attached hydrogens (tertiary/aromatic N) is 2. The van der Waals surface area contributed by atoms with Gasteiger partial charge in [-0.1, -0.05) is 0 Å². The van der Waals surface area contributed by atoms with Crippen LogP contribution in [0.2, 0.25) is 0 Å². The number of rotatable bonds is 5. The van der Waals surface area contributed by atoms with E-state index in [0.29, 0.717) is 0 Å². The summed E-state index contributed by atoms with van der Waals surface area (Å²) in [4.78, 5) is 4.56. The predicted molar refractivity (Wildman–Crippen MR) is 59.2 cm³/mol. The zero-order valence-corrected chi connectivity index (χ0v) is 9.47. The average molecular weight is 198 g/mol. The molecule has 0 radical (unpaired) electrons. The van der Waals surface area contributed by atoms with Crippen LogP contribution in [0.5, 0.6) is 0 Å². The summed E-state index contributed by atoms with van der Waals surface area (Å²) < 4.78 is 0. The van der Waals surface area contributed by atoms with Crippen molar-refractivity contribution in [3.8, 4) is 0 Å². The summed E-state index contributed by atoms with van der Waals surface area (Å²) in [5.41, 5.74) is 1.42. The van der Waals surface area contributed by atoms with Crippen molar-refractivity contribution in [2.24, 2.45) is 0 Å². The molecule has 0 aliphatic carbocycles. The Morgan fingerprint density at radius 2 is 2.00 bits per heavy atom. The van der Waals surface area contributed by atoms with Gasteiger partial charge in [-0.3, -0.25) is 0 Å². The van der Waals surface area contributed by atoms with Gasteiger partial charge >= 0.3 is 0 Å². The Morgan fingerprint density at radius 3 is 2.54 bits per heavy atom. The van der Waals surface area contributed by atoms with E-state index < -0.39 is 0 Å². The van der Waals surface area contributed by atoms with Crippen molar-refractivity contribution in [1.29, 1.82) is 0 Å². The minimum Gasteiger partial charge on any atom is -0.308 e. The number of thiophene rings is 1. The maximum Gasteiger partial charge on any atom is 0.0239 e. The van der Waals surface area contributed by atoms with Crippen molar-refractivity contribution in [2.45, 2.75) is 6.54 Å². The van der Waals surface area contributed by atoms with E-state index in [0.717, 1.165) is 19.6 Å². The van der Waals surface area contributed by atoms with Gasteiger partial charge in [0.05, 0.1) is 0 Å². The smallest absolute Gasteiger partial charge is 0.0239 e. The second-order valence-corrected chi connectivity index (χ2v) is 4.45. The molecule has 0 atom stereocenters. The molecule has 0 aliphatic heterocycles. The van der Waals surface area contributed by atoms with Gasteiger partial charge in [0.15, 0.2) is 0 Å². The molecule has 74 valence electrons. The van der Waals surface area contributed by atoms with Crippen molar-refractivity contribution >= 4 is 11.3 Å². The molecule has 0 fully saturated rings. The van der Waals surface area contributed by atoms with Gasteiger partial charge in [0.2, 0.25) is 0 Å². The van der Waals surface area contributed by atoms with Gasteiger partial charge in [0.1, 0.15) is 0 Å². The third-order valence-corrected chi connectivity index (χ3v) is 2.69. The maximum atomic E-state index is 2.35. The summed E-state index contributed by atoms with van der Waals surface area (Å²) in [5, 5.41) is 4.35. The zero-order chi connectivity index (χ0) is 9.68. The lowest BCUT2D eigenvalue weighted by Crippen LogP contribution is -2.28. The first-order valence-electron chi connectivity index (χ1n) is 4.53. The number of likely N-dealkylation sites (N-methyl/N-ethyl adjacent to an activating group) is 2. The molecule has 0 aliphatic rings. The Kier molecular flexibility index (Phi) is 4.42. The van der Waals surface area contributed by atoms with Gasteiger partial charge in [0.25, 0.3) is 0 Å². The van der Waals surface area contributed by atoms with E-state index in [4.69, 9.17) is 0 Å². The van der Waals surface area contributed by atoms with Gasteiger partial charge in [0, 0.05) is 19.6 Å². The Morgan fingerprint density at radius 1 is 1.23 bits per heavy atom. The van der Waals surface area contributed by atoms with Crippen LogP contribution in [0.4, 0.5) is 0 Å². The predicted octanol–water partition coefficient (Wildman–Crippen LogP) is 1.74. The second kappa shape index (κ2) is 5.37. The molecule has 0 saturated carbocycles. The van der Waals surface area contributed by atoms with E-state index in [2.05, 4.69) is 47.8 Å². The lowest BCUT2D eigenvalue weighted by Gasteiger charge is -2.18. The van der Waals surface area contributed by atoms with Crippen LogP contribution < -0.4 is 0 Å². The standard InChI is InChI=1S/C10H18N2S/c1-11(2)5-6-12(3)8-10-4-7-13-9-10/h4,7,9H,5-6,8H2,1-3H3. The normalized spacial score (nSPS) is 11.5. The molecule has 1 aromatic rings. The Hall–Kier alpha value is -0.380. The van der Waals surface area contributed by atoms with Crippen molar-refractivity contribution in [2.75, 3.05) is 34.2 Å². The fourth-order valence-electron chi connectivity index (χ4n) is 1.14. The van der Waals surface area contributed by atoms with E-state index in [1.165, 1.54) is 5.56 Å². The molecule has 0 N–H and O–H groups in total. The summed E-state index contributed by atoms with van der Waals surface area (Å²) in [6.07, 6.45) is 0. The first-order valence-corrected chi connectivity index (χ1v) is 5.47. The fourth-order valence-corrected chi connectivity index (χ4v) is 1.80. The van der Waals surface area contributed by atoms with E-state index in [9.17, 15) is 0 Å². The summed E-state index contributed by atoms with van der Waals surface area (Å²) in [6.45, 7) is 3.32. The molecule has 0 saturated heterocycles. The van der Waals surface area contributed by atoms with Crippen molar-refractivity contribution in [3.63, 3.8) is 0 Å². The van der Waals surface area contributed by atoms with E-state index in [1.54, 1.807) is 11.3 Å². The maximum absolute atomic E-state index is 2.35. The monoisotopic (exact) mass is 198 g/mol. The lowest BCUT2D eigenvalue weighted by molar-refractivity contribution is 0.276. The van der Waals surface area contributed by atoms with Crippen LogP contribution in [0, 0.1) is 0 Å². The molecule has 1 heterocycles. The molecule has 2 nitrogen and oxygen atoms in total. The molecule has 0 aromatic carbocycles. The molecular weight excluding hydrogens is 180 g/mol. The fraction of sp³-hybridized carbons (Fsp3) is 0.600.